The molecule has 0 radical (unpaired) electrons. The number of rotatable bonds is 7. The van der Waals surface area contributed by atoms with E-state index in [1.165, 1.54) is 25.5 Å². The molecule has 166 valence electrons. The molecule has 7 nitrogen and oxygen atoms in total. The van der Waals surface area contributed by atoms with Crippen LogP contribution in [-0.2, 0) is 0 Å². The zero-order chi connectivity index (χ0) is 21.6. The third-order valence-electron chi connectivity index (χ3n) is 6.12. The summed E-state index contributed by atoms with van der Waals surface area (Å²) in [5, 5.41) is 3.35. The summed E-state index contributed by atoms with van der Waals surface area (Å²) in [5.74, 6) is 1.14. The van der Waals surface area contributed by atoms with Crippen LogP contribution < -0.4 is 15.0 Å². The van der Waals surface area contributed by atoms with E-state index < -0.39 is 0 Å². The van der Waals surface area contributed by atoms with Gasteiger partial charge in [-0.3, -0.25) is 9.69 Å². The Morgan fingerprint density at radius 3 is 2.45 bits per heavy atom. The summed E-state index contributed by atoms with van der Waals surface area (Å²) in [6.45, 7) is 4.37. The van der Waals surface area contributed by atoms with E-state index in [9.17, 15) is 4.79 Å². The quantitative estimate of drug-likeness (QED) is 0.703. The Morgan fingerprint density at radius 1 is 1.10 bits per heavy atom. The lowest BCUT2D eigenvalue weighted by molar-refractivity contribution is 0.0919. The van der Waals surface area contributed by atoms with Gasteiger partial charge in [0.1, 0.15) is 5.75 Å². The first-order chi connectivity index (χ1) is 15.2. The van der Waals surface area contributed by atoms with Crippen LogP contribution in [0.3, 0.4) is 0 Å². The Hall–Kier alpha value is -2.38. The molecule has 1 aromatic heterocycles. The third kappa shape index (κ3) is 5.28. The average molecular weight is 444 g/mol. The van der Waals surface area contributed by atoms with E-state index in [4.69, 9.17) is 16.3 Å². The molecule has 1 aromatic carbocycles. The molecule has 2 saturated heterocycles. The summed E-state index contributed by atoms with van der Waals surface area (Å²) in [5.41, 5.74) is 1.40. The topological polar surface area (TPSA) is 70.6 Å². The number of benzene rings is 1. The van der Waals surface area contributed by atoms with E-state index in [2.05, 4.69) is 37.2 Å². The molecular formula is C23H30ClN5O2. The lowest BCUT2D eigenvalue weighted by Crippen LogP contribution is -2.41. The number of anilines is 1. The number of nitrogens with one attached hydrogen (secondary N) is 1. The maximum Gasteiger partial charge on any atom is 0.271 e. The molecule has 2 aliphatic heterocycles. The van der Waals surface area contributed by atoms with Crippen molar-refractivity contribution in [2.75, 3.05) is 44.7 Å². The first-order valence-corrected chi connectivity index (χ1v) is 11.5. The zero-order valence-corrected chi connectivity index (χ0v) is 18.8. The van der Waals surface area contributed by atoms with Crippen molar-refractivity contribution >= 4 is 23.5 Å². The van der Waals surface area contributed by atoms with E-state index >= 15 is 0 Å². The van der Waals surface area contributed by atoms with Gasteiger partial charge >= 0.3 is 0 Å². The Bertz CT molecular complexity index is 880. The standard InChI is InChI=1S/C23H30ClN5O2/c1-31-18-9-7-17(8-10-18)20(28-11-3-2-4-12-28)16-25-22(30)21-19(24)15-26-23(27-21)29-13-5-6-14-29/h7-10,15,20H,2-6,11-14,16H2,1H3,(H,25,30). The van der Waals surface area contributed by atoms with Gasteiger partial charge in [-0.2, -0.15) is 0 Å². The first-order valence-electron chi connectivity index (χ1n) is 11.1. The van der Waals surface area contributed by atoms with Gasteiger partial charge in [0, 0.05) is 19.6 Å². The first kappa shape index (κ1) is 21.8. The fourth-order valence-electron chi connectivity index (χ4n) is 4.37. The van der Waals surface area contributed by atoms with Gasteiger partial charge in [-0.05, 0) is 56.5 Å². The summed E-state index contributed by atoms with van der Waals surface area (Å²) >= 11 is 6.28. The zero-order valence-electron chi connectivity index (χ0n) is 18.0. The molecule has 1 amide bonds. The number of likely N-dealkylation sites (tertiary alicyclic amines) is 1. The minimum atomic E-state index is -0.261. The van der Waals surface area contributed by atoms with Crippen molar-refractivity contribution in [3.8, 4) is 5.75 Å². The number of hydrogen-bond acceptors (Lipinski definition) is 6. The van der Waals surface area contributed by atoms with Crippen molar-refractivity contribution in [1.82, 2.24) is 20.2 Å². The Morgan fingerprint density at radius 2 is 1.77 bits per heavy atom. The Balaban J connectivity index is 1.49. The normalized spacial score (nSPS) is 18.1. The Labute approximate surface area is 188 Å². The van der Waals surface area contributed by atoms with Crippen molar-refractivity contribution in [3.63, 3.8) is 0 Å². The second-order valence-corrected chi connectivity index (χ2v) is 8.56. The van der Waals surface area contributed by atoms with Crippen LogP contribution in [-0.4, -0.2) is 60.6 Å². The second kappa shape index (κ2) is 10.3. The minimum Gasteiger partial charge on any atom is -0.497 e. The van der Waals surface area contributed by atoms with Crippen LogP contribution >= 0.6 is 11.6 Å². The fraction of sp³-hybridized carbons (Fsp3) is 0.522. The number of carbonyl (C=O) groups is 1. The molecular weight excluding hydrogens is 414 g/mol. The maximum absolute atomic E-state index is 13.0. The lowest BCUT2D eigenvalue weighted by Gasteiger charge is -2.35. The molecule has 0 aliphatic carbocycles. The molecule has 2 fully saturated rings. The number of amides is 1. The number of nitrogens with zero attached hydrogens (tertiary/aromatic N) is 4. The van der Waals surface area contributed by atoms with Gasteiger partial charge in [0.25, 0.3) is 5.91 Å². The number of piperidine rings is 1. The highest BCUT2D eigenvalue weighted by atomic mass is 35.5. The summed E-state index contributed by atoms with van der Waals surface area (Å²) in [4.78, 5) is 26.4. The number of hydrogen-bond donors (Lipinski definition) is 1. The van der Waals surface area contributed by atoms with Gasteiger partial charge in [0.2, 0.25) is 5.95 Å². The van der Waals surface area contributed by atoms with Crippen LogP contribution in [0.2, 0.25) is 5.02 Å². The van der Waals surface area contributed by atoms with E-state index in [1.54, 1.807) is 7.11 Å². The summed E-state index contributed by atoms with van der Waals surface area (Å²) < 4.78 is 5.30. The van der Waals surface area contributed by atoms with Gasteiger partial charge in [0.15, 0.2) is 5.69 Å². The predicted octanol–water partition coefficient (Wildman–Crippen LogP) is 3.70. The molecule has 2 aliphatic rings. The maximum atomic E-state index is 13.0. The van der Waals surface area contributed by atoms with Crippen LogP contribution in [0.4, 0.5) is 5.95 Å². The number of ether oxygens (including phenoxy) is 1. The van der Waals surface area contributed by atoms with Gasteiger partial charge < -0.3 is 15.0 Å². The van der Waals surface area contributed by atoms with Gasteiger partial charge in [-0.1, -0.05) is 30.2 Å². The highest BCUT2D eigenvalue weighted by Gasteiger charge is 2.25. The smallest absolute Gasteiger partial charge is 0.271 e. The van der Waals surface area contributed by atoms with Crippen LogP contribution in [0.1, 0.15) is 54.2 Å². The predicted molar refractivity (Wildman–Crippen MR) is 122 cm³/mol. The van der Waals surface area contributed by atoms with Crippen molar-refractivity contribution in [1.29, 1.82) is 0 Å². The molecule has 4 rings (SSSR count). The van der Waals surface area contributed by atoms with E-state index in [0.29, 0.717) is 12.5 Å². The van der Waals surface area contributed by atoms with Crippen molar-refractivity contribution < 1.29 is 9.53 Å². The number of methoxy groups -OCH3 is 1. The highest BCUT2D eigenvalue weighted by molar-refractivity contribution is 6.33. The van der Waals surface area contributed by atoms with Crippen molar-refractivity contribution in [3.05, 3.63) is 46.7 Å². The number of halogens is 1. The molecule has 0 saturated carbocycles. The molecule has 0 bridgehead atoms. The average Bonchev–Trinajstić information content (AvgIpc) is 3.35. The molecule has 1 N–H and O–H groups in total. The van der Waals surface area contributed by atoms with Crippen LogP contribution in [0, 0.1) is 0 Å². The molecule has 2 aromatic rings. The minimum absolute atomic E-state index is 0.0915. The molecule has 1 atom stereocenters. The molecule has 31 heavy (non-hydrogen) atoms. The van der Waals surface area contributed by atoms with E-state index in [-0.39, 0.29) is 22.7 Å². The van der Waals surface area contributed by atoms with Gasteiger partial charge in [0.05, 0.1) is 24.4 Å². The van der Waals surface area contributed by atoms with Crippen molar-refractivity contribution in [2.45, 2.75) is 38.1 Å². The summed E-state index contributed by atoms with van der Waals surface area (Å²) in [7, 11) is 1.67. The van der Waals surface area contributed by atoms with Gasteiger partial charge in [-0.25, -0.2) is 9.97 Å². The number of aromatic nitrogens is 2. The SMILES string of the molecule is COc1ccc(C(CNC(=O)c2nc(N3CCCC3)ncc2Cl)N2CCCCC2)cc1. The van der Waals surface area contributed by atoms with E-state index in [1.807, 2.05) is 12.1 Å². The second-order valence-electron chi connectivity index (χ2n) is 8.16. The third-order valence-corrected chi connectivity index (χ3v) is 6.40. The highest BCUT2D eigenvalue weighted by Crippen LogP contribution is 2.26. The molecule has 3 heterocycles. The van der Waals surface area contributed by atoms with Crippen LogP contribution in [0.15, 0.2) is 30.5 Å². The monoisotopic (exact) mass is 443 g/mol. The fourth-order valence-corrected chi connectivity index (χ4v) is 4.55. The number of carbonyl (C=O) groups excluding carboxylic acids is 1. The molecule has 1 unspecified atom stereocenters. The van der Waals surface area contributed by atoms with Crippen LogP contribution in [0.5, 0.6) is 5.75 Å². The lowest BCUT2D eigenvalue weighted by atomic mass is 10.0. The van der Waals surface area contributed by atoms with E-state index in [0.717, 1.165) is 50.3 Å². The Kier molecular flexibility index (Phi) is 7.25. The van der Waals surface area contributed by atoms with Gasteiger partial charge in [-0.15, -0.1) is 0 Å². The van der Waals surface area contributed by atoms with Crippen molar-refractivity contribution in [2.24, 2.45) is 0 Å². The molecule has 0 spiro atoms. The summed E-state index contributed by atoms with van der Waals surface area (Å²) in [6.07, 6.45) is 7.38. The summed E-state index contributed by atoms with van der Waals surface area (Å²) in [6, 6.07) is 8.18. The largest absolute Gasteiger partial charge is 0.497 e. The molecule has 8 heteroatoms. The van der Waals surface area contributed by atoms with Crippen LogP contribution in [0.25, 0.3) is 0 Å².